The van der Waals surface area contributed by atoms with Crippen molar-refractivity contribution in [1.29, 1.82) is 0 Å². The summed E-state index contributed by atoms with van der Waals surface area (Å²) in [5.41, 5.74) is -0.484. The van der Waals surface area contributed by atoms with Gasteiger partial charge in [0.2, 0.25) is 0 Å². The molecule has 0 radical (unpaired) electrons. The summed E-state index contributed by atoms with van der Waals surface area (Å²) in [4.78, 5) is 0. The lowest BCUT2D eigenvalue weighted by atomic mass is 9.82. The molecule has 0 aliphatic heterocycles. The van der Waals surface area contributed by atoms with E-state index in [9.17, 15) is 5.11 Å². The number of hydrogen-bond donors (Lipinski definition) is 1. The fraction of sp³-hybridized carbons (Fsp3) is 1.00. The summed E-state index contributed by atoms with van der Waals surface area (Å²) in [6.07, 6.45) is 3.77. The fourth-order valence-electron chi connectivity index (χ4n) is 3.24. The average molecular weight is 272 g/mol. The molecule has 0 aliphatic carbocycles. The van der Waals surface area contributed by atoms with E-state index in [4.69, 9.17) is 4.74 Å². The van der Waals surface area contributed by atoms with Crippen LogP contribution in [0.3, 0.4) is 0 Å². The van der Waals surface area contributed by atoms with Crippen LogP contribution in [0.2, 0.25) is 0 Å². The van der Waals surface area contributed by atoms with E-state index in [0.29, 0.717) is 23.9 Å². The lowest BCUT2D eigenvalue weighted by Crippen LogP contribution is -2.31. The highest BCUT2D eigenvalue weighted by atomic mass is 16.5. The molecule has 0 aromatic heterocycles. The molecule has 0 bridgehead atoms. The molecule has 0 aliphatic rings. The highest BCUT2D eigenvalue weighted by Crippen LogP contribution is 2.27. The van der Waals surface area contributed by atoms with Gasteiger partial charge in [-0.05, 0) is 50.4 Å². The molecule has 0 aromatic rings. The zero-order valence-electron chi connectivity index (χ0n) is 14.2. The van der Waals surface area contributed by atoms with Crippen LogP contribution >= 0.6 is 0 Å². The van der Waals surface area contributed by atoms with Gasteiger partial charge in [-0.1, -0.05) is 41.5 Å². The van der Waals surface area contributed by atoms with Crippen LogP contribution < -0.4 is 0 Å². The van der Waals surface area contributed by atoms with Gasteiger partial charge in [0.1, 0.15) is 0 Å². The van der Waals surface area contributed by atoms with Crippen molar-refractivity contribution in [2.45, 2.75) is 85.9 Å². The lowest BCUT2D eigenvalue weighted by Gasteiger charge is -2.31. The average Bonchev–Trinajstić information content (AvgIpc) is 2.33. The Morgan fingerprint density at radius 3 is 1.79 bits per heavy atom. The molecule has 0 fully saturated rings. The molecule has 0 amide bonds. The van der Waals surface area contributed by atoms with Crippen molar-refractivity contribution in [3.8, 4) is 0 Å². The highest BCUT2D eigenvalue weighted by Gasteiger charge is 2.25. The summed E-state index contributed by atoms with van der Waals surface area (Å²) in [5, 5.41) is 10.2. The molecule has 0 aromatic carbocycles. The highest BCUT2D eigenvalue weighted by molar-refractivity contribution is 4.75. The van der Waals surface area contributed by atoms with Gasteiger partial charge in [-0.3, -0.25) is 0 Å². The van der Waals surface area contributed by atoms with E-state index in [1.807, 2.05) is 0 Å². The third-order valence-corrected chi connectivity index (χ3v) is 4.57. The number of ether oxygens (including phenoxy) is 1. The standard InChI is InChI=1S/C17H36O2/c1-8-17(18,9-2)11-10-12-19-15(7)16(13(3)4)14(5)6/h13-16,18H,8-12H2,1-7H3. The van der Waals surface area contributed by atoms with Crippen molar-refractivity contribution in [2.24, 2.45) is 17.8 Å². The van der Waals surface area contributed by atoms with Crippen LogP contribution in [0.1, 0.15) is 74.1 Å². The fourth-order valence-corrected chi connectivity index (χ4v) is 3.24. The lowest BCUT2D eigenvalue weighted by molar-refractivity contribution is -0.0251. The Balaban J connectivity index is 4.06. The largest absolute Gasteiger partial charge is 0.390 e. The number of rotatable bonds is 10. The van der Waals surface area contributed by atoms with E-state index < -0.39 is 5.60 Å². The maximum Gasteiger partial charge on any atom is 0.0643 e. The van der Waals surface area contributed by atoms with Crippen molar-refractivity contribution >= 4 is 0 Å². The van der Waals surface area contributed by atoms with Gasteiger partial charge in [-0.15, -0.1) is 0 Å². The SMILES string of the molecule is CCC(O)(CC)CCCOC(C)C(C(C)C)C(C)C. The van der Waals surface area contributed by atoms with Crippen LogP contribution in [0, 0.1) is 17.8 Å². The third-order valence-electron chi connectivity index (χ3n) is 4.57. The van der Waals surface area contributed by atoms with Gasteiger partial charge in [-0.2, -0.15) is 0 Å². The predicted octanol–water partition coefficient (Wildman–Crippen LogP) is 4.65. The van der Waals surface area contributed by atoms with E-state index in [-0.39, 0.29) is 0 Å². The van der Waals surface area contributed by atoms with Crippen molar-refractivity contribution in [3.05, 3.63) is 0 Å². The van der Waals surface area contributed by atoms with Gasteiger partial charge in [0.05, 0.1) is 11.7 Å². The van der Waals surface area contributed by atoms with E-state index >= 15 is 0 Å². The molecule has 2 heteroatoms. The maximum atomic E-state index is 10.2. The Labute approximate surface area is 120 Å². The molecule has 0 heterocycles. The zero-order chi connectivity index (χ0) is 15.1. The van der Waals surface area contributed by atoms with Crippen LogP contribution in [-0.2, 0) is 4.74 Å². The van der Waals surface area contributed by atoms with Crippen molar-refractivity contribution in [2.75, 3.05) is 6.61 Å². The monoisotopic (exact) mass is 272 g/mol. The summed E-state index contributed by atoms with van der Waals surface area (Å²) < 4.78 is 6.00. The molecular weight excluding hydrogens is 236 g/mol. The van der Waals surface area contributed by atoms with Gasteiger partial charge in [-0.25, -0.2) is 0 Å². The predicted molar refractivity (Wildman–Crippen MR) is 83.3 cm³/mol. The van der Waals surface area contributed by atoms with Crippen molar-refractivity contribution in [3.63, 3.8) is 0 Å². The van der Waals surface area contributed by atoms with E-state index in [1.165, 1.54) is 0 Å². The quantitative estimate of drug-likeness (QED) is 0.587. The Kier molecular flexibility index (Phi) is 8.93. The minimum Gasteiger partial charge on any atom is -0.390 e. The molecule has 1 atom stereocenters. The molecule has 19 heavy (non-hydrogen) atoms. The zero-order valence-corrected chi connectivity index (χ0v) is 14.2. The molecule has 0 saturated heterocycles. The Morgan fingerprint density at radius 2 is 1.42 bits per heavy atom. The second-order valence-electron chi connectivity index (χ2n) is 6.68. The third kappa shape index (κ3) is 6.76. The summed E-state index contributed by atoms with van der Waals surface area (Å²) >= 11 is 0. The van der Waals surface area contributed by atoms with E-state index in [2.05, 4.69) is 48.5 Å². The first-order valence-corrected chi connectivity index (χ1v) is 8.11. The van der Waals surface area contributed by atoms with Crippen LogP contribution in [0.5, 0.6) is 0 Å². The molecule has 0 spiro atoms. The smallest absolute Gasteiger partial charge is 0.0643 e. The first kappa shape index (κ1) is 18.9. The Morgan fingerprint density at radius 1 is 0.947 bits per heavy atom. The van der Waals surface area contributed by atoms with E-state index in [1.54, 1.807) is 0 Å². The maximum absolute atomic E-state index is 10.2. The van der Waals surface area contributed by atoms with Crippen LogP contribution in [0.4, 0.5) is 0 Å². The number of aliphatic hydroxyl groups is 1. The van der Waals surface area contributed by atoms with Crippen LogP contribution in [0.25, 0.3) is 0 Å². The molecular formula is C17H36O2. The first-order chi connectivity index (χ1) is 8.77. The topological polar surface area (TPSA) is 29.5 Å². The normalized spacial score (nSPS) is 14.7. The second-order valence-corrected chi connectivity index (χ2v) is 6.68. The Bertz CT molecular complexity index is 211. The minimum atomic E-state index is -0.484. The van der Waals surface area contributed by atoms with Gasteiger partial charge >= 0.3 is 0 Å². The summed E-state index contributed by atoms with van der Waals surface area (Å²) in [6.45, 7) is 16.2. The summed E-state index contributed by atoms with van der Waals surface area (Å²) in [6, 6.07) is 0. The Hall–Kier alpha value is -0.0800. The van der Waals surface area contributed by atoms with Crippen molar-refractivity contribution in [1.82, 2.24) is 0 Å². The molecule has 1 N–H and O–H groups in total. The summed E-state index contributed by atoms with van der Waals surface area (Å²) in [5.74, 6) is 1.91. The molecule has 2 nitrogen and oxygen atoms in total. The van der Waals surface area contributed by atoms with Gasteiger partial charge in [0.15, 0.2) is 0 Å². The van der Waals surface area contributed by atoms with Crippen LogP contribution in [-0.4, -0.2) is 23.4 Å². The van der Waals surface area contributed by atoms with Crippen molar-refractivity contribution < 1.29 is 9.84 Å². The van der Waals surface area contributed by atoms with Gasteiger partial charge in [0.25, 0.3) is 0 Å². The van der Waals surface area contributed by atoms with Gasteiger partial charge in [0, 0.05) is 6.61 Å². The second kappa shape index (κ2) is 8.97. The van der Waals surface area contributed by atoms with E-state index in [0.717, 1.165) is 32.3 Å². The van der Waals surface area contributed by atoms with Gasteiger partial charge < -0.3 is 9.84 Å². The molecule has 1 unspecified atom stereocenters. The molecule has 0 saturated carbocycles. The minimum absolute atomic E-state index is 0.302. The number of hydrogen-bond acceptors (Lipinski definition) is 2. The first-order valence-electron chi connectivity index (χ1n) is 8.11. The molecule has 116 valence electrons. The molecule has 0 rings (SSSR count). The summed E-state index contributed by atoms with van der Waals surface area (Å²) in [7, 11) is 0. The van der Waals surface area contributed by atoms with Crippen LogP contribution in [0.15, 0.2) is 0 Å².